The fourth-order valence-corrected chi connectivity index (χ4v) is 4.00. The van der Waals surface area contributed by atoms with Crippen LogP contribution in [0.3, 0.4) is 0 Å². The van der Waals surface area contributed by atoms with Crippen molar-refractivity contribution < 1.29 is 13.2 Å². The van der Waals surface area contributed by atoms with Crippen molar-refractivity contribution in [3.05, 3.63) is 22.9 Å². The van der Waals surface area contributed by atoms with Crippen molar-refractivity contribution in [2.24, 2.45) is 5.92 Å². The lowest BCUT2D eigenvalue weighted by Crippen LogP contribution is -2.32. The zero-order chi connectivity index (χ0) is 18.9. The van der Waals surface area contributed by atoms with Crippen molar-refractivity contribution in [1.29, 1.82) is 0 Å². The van der Waals surface area contributed by atoms with Crippen molar-refractivity contribution in [1.82, 2.24) is 14.6 Å². The smallest absolute Gasteiger partial charge is 0.255 e. The first kappa shape index (κ1) is 19.1. The van der Waals surface area contributed by atoms with E-state index in [9.17, 15) is 13.2 Å². The fourth-order valence-electron chi connectivity index (χ4n) is 3.16. The van der Waals surface area contributed by atoms with E-state index < -0.39 is 10.0 Å². The van der Waals surface area contributed by atoms with Gasteiger partial charge in [0, 0.05) is 37.8 Å². The maximum atomic E-state index is 12.6. The third-order valence-corrected chi connectivity index (χ3v) is 6.11. The molecule has 1 fully saturated rings. The van der Waals surface area contributed by atoms with Crippen LogP contribution in [0.4, 0.5) is 5.82 Å². The number of carbonyl (C=O) groups excluding carboxylic acids is 1. The summed E-state index contributed by atoms with van der Waals surface area (Å²) >= 11 is 0. The molecule has 144 valence electrons. The molecule has 1 saturated carbocycles. The molecule has 0 aromatic carbocycles. The van der Waals surface area contributed by atoms with Gasteiger partial charge in [-0.25, -0.2) is 17.7 Å². The number of hydrogen-bond donors (Lipinski definition) is 2. The second kappa shape index (κ2) is 7.52. The Hall–Kier alpha value is -1.67. The minimum Gasteiger partial charge on any atom is -0.369 e. The van der Waals surface area contributed by atoms with Crippen LogP contribution in [0, 0.1) is 5.92 Å². The lowest BCUT2D eigenvalue weighted by atomic mass is 10.0. The van der Waals surface area contributed by atoms with E-state index in [1.807, 2.05) is 19.9 Å². The summed E-state index contributed by atoms with van der Waals surface area (Å²) in [4.78, 5) is 17.4. The molecule has 1 aliphatic carbocycles. The Morgan fingerprint density at radius 3 is 2.62 bits per heavy atom. The zero-order valence-corrected chi connectivity index (χ0v) is 16.5. The van der Waals surface area contributed by atoms with Crippen LogP contribution in [0.1, 0.15) is 48.3 Å². The van der Waals surface area contributed by atoms with Crippen LogP contribution in [-0.2, 0) is 22.9 Å². The van der Waals surface area contributed by atoms with E-state index in [0.29, 0.717) is 43.2 Å². The Balaban J connectivity index is 1.88. The third-order valence-electron chi connectivity index (χ3n) is 4.81. The molecule has 1 aliphatic heterocycles. The van der Waals surface area contributed by atoms with E-state index in [0.717, 1.165) is 17.8 Å². The third kappa shape index (κ3) is 4.73. The van der Waals surface area contributed by atoms with E-state index in [2.05, 4.69) is 10.6 Å². The quantitative estimate of drug-likeness (QED) is 0.778. The molecule has 1 amide bonds. The zero-order valence-electron chi connectivity index (χ0n) is 15.7. The standard InChI is InChI=1S/C18H28N4O3S/c1-12(2)20-18(23)15-10-14-6-8-22(26(3,24)25)9-7-16(14)21-17(15)19-11-13-4-5-13/h10,12-13H,4-9,11H2,1-3H3,(H,19,21)(H,20,23). The van der Waals surface area contributed by atoms with E-state index in [1.165, 1.54) is 23.4 Å². The summed E-state index contributed by atoms with van der Waals surface area (Å²) in [5.74, 6) is 1.14. The van der Waals surface area contributed by atoms with Gasteiger partial charge in [0.15, 0.2) is 0 Å². The lowest BCUT2D eigenvalue weighted by molar-refractivity contribution is 0.0943. The molecular formula is C18H28N4O3S. The van der Waals surface area contributed by atoms with Crippen LogP contribution in [0.25, 0.3) is 0 Å². The topological polar surface area (TPSA) is 91.4 Å². The van der Waals surface area contributed by atoms with Gasteiger partial charge in [-0.1, -0.05) is 0 Å². The summed E-state index contributed by atoms with van der Waals surface area (Å²) in [7, 11) is -3.22. The number of anilines is 1. The molecule has 2 heterocycles. The molecule has 8 heteroatoms. The number of nitrogens with zero attached hydrogens (tertiary/aromatic N) is 2. The molecule has 26 heavy (non-hydrogen) atoms. The maximum absolute atomic E-state index is 12.6. The van der Waals surface area contributed by atoms with Gasteiger partial charge in [-0.3, -0.25) is 4.79 Å². The number of nitrogens with one attached hydrogen (secondary N) is 2. The Bertz CT molecular complexity index is 788. The molecule has 0 spiro atoms. The Kier molecular flexibility index (Phi) is 5.53. The summed E-state index contributed by atoms with van der Waals surface area (Å²) in [5.41, 5.74) is 2.39. The van der Waals surface area contributed by atoms with Crippen molar-refractivity contribution in [2.45, 2.75) is 45.6 Å². The minimum absolute atomic E-state index is 0.0401. The highest BCUT2D eigenvalue weighted by atomic mass is 32.2. The second-order valence-electron chi connectivity index (χ2n) is 7.60. The van der Waals surface area contributed by atoms with Crippen molar-refractivity contribution in [3.63, 3.8) is 0 Å². The van der Waals surface area contributed by atoms with E-state index in [1.54, 1.807) is 0 Å². The largest absolute Gasteiger partial charge is 0.369 e. The summed E-state index contributed by atoms with van der Waals surface area (Å²) in [5, 5.41) is 6.27. The molecule has 7 nitrogen and oxygen atoms in total. The first-order chi connectivity index (χ1) is 12.2. The number of carbonyl (C=O) groups is 1. The Morgan fingerprint density at radius 2 is 2.00 bits per heavy atom. The van der Waals surface area contributed by atoms with Gasteiger partial charge in [-0.2, -0.15) is 0 Å². The van der Waals surface area contributed by atoms with Gasteiger partial charge < -0.3 is 10.6 Å². The monoisotopic (exact) mass is 380 g/mol. The first-order valence-corrected chi connectivity index (χ1v) is 11.1. The van der Waals surface area contributed by atoms with Crippen molar-refractivity contribution in [2.75, 3.05) is 31.2 Å². The van der Waals surface area contributed by atoms with Crippen LogP contribution in [0.5, 0.6) is 0 Å². The number of rotatable bonds is 6. The van der Waals surface area contributed by atoms with E-state index >= 15 is 0 Å². The van der Waals surface area contributed by atoms with Gasteiger partial charge in [0.05, 0.1) is 11.8 Å². The summed E-state index contributed by atoms with van der Waals surface area (Å²) < 4.78 is 25.2. The van der Waals surface area contributed by atoms with Crippen LogP contribution >= 0.6 is 0 Å². The number of sulfonamides is 1. The average molecular weight is 381 g/mol. The SMILES string of the molecule is CC(C)NC(=O)c1cc2c(nc1NCC1CC1)CCN(S(C)(=O)=O)CC2. The predicted molar refractivity (Wildman–Crippen MR) is 102 cm³/mol. The van der Waals surface area contributed by atoms with Gasteiger partial charge in [0.25, 0.3) is 5.91 Å². The number of aromatic nitrogens is 1. The second-order valence-corrected chi connectivity index (χ2v) is 9.59. The maximum Gasteiger partial charge on any atom is 0.255 e. The van der Waals surface area contributed by atoms with Gasteiger partial charge in [0.1, 0.15) is 5.82 Å². The molecule has 0 saturated heterocycles. The molecule has 2 N–H and O–H groups in total. The lowest BCUT2D eigenvalue weighted by Gasteiger charge is -2.16. The Morgan fingerprint density at radius 1 is 1.31 bits per heavy atom. The molecule has 1 aromatic rings. The normalized spacial score (nSPS) is 18.3. The predicted octanol–water partition coefficient (Wildman–Crippen LogP) is 1.40. The molecular weight excluding hydrogens is 352 g/mol. The van der Waals surface area contributed by atoms with Crippen LogP contribution < -0.4 is 10.6 Å². The average Bonchev–Trinajstić information content (AvgIpc) is 3.36. The molecule has 0 unspecified atom stereocenters. The van der Waals surface area contributed by atoms with Gasteiger partial charge >= 0.3 is 0 Å². The molecule has 0 radical (unpaired) electrons. The number of amides is 1. The number of hydrogen-bond acceptors (Lipinski definition) is 5. The molecule has 0 atom stereocenters. The van der Waals surface area contributed by atoms with Gasteiger partial charge in [-0.05, 0) is 50.7 Å². The molecule has 3 rings (SSSR count). The van der Waals surface area contributed by atoms with Crippen LogP contribution in [0.15, 0.2) is 6.07 Å². The number of fused-ring (bicyclic) bond motifs is 1. The molecule has 0 bridgehead atoms. The summed E-state index contributed by atoms with van der Waals surface area (Å²) in [6.07, 6.45) is 4.80. The van der Waals surface area contributed by atoms with Crippen molar-refractivity contribution in [3.8, 4) is 0 Å². The highest BCUT2D eigenvalue weighted by Gasteiger charge is 2.26. The molecule has 1 aromatic heterocycles. The van der Waals surface area contributed by atoms with Gasteiger partial charge in [0.2, 0.25) is 10.0 Å². The highest BCUT2D eigenvalue weighted by Crippen LogP contribution is 2.30. The van der Waals surface area contributed by atoms with Crippen molar-refractivity contribution >= 4 is 21.7 Å². The Labute approximate surface area is 155 Å². The minimum atomic E-state index is -3.22. The van der Waals surface area contributed by atoms with Crippen LogP contribution in [-0.4, -0.2) is 55.5 Å². The van der Waals surface area contributed by atoms with E-state index in [-0.39, 0.29) is 11.9 Å². The van der Waals surface area contributed by atoms with E-state index in [4.69, 9.17) is 4.98 Å². The fraction of sp³-hybridized carbons (Fsp3) is 0.667. The summed E-state index contributed by atoms with van der Waals surface area (Å²) in [6.45, 7) is 5.53. The first-order valence-electron chi connectivity index (χ1n) is 9.26. The van der Waals surface area contributed by atoms with Gasteiger partial charge in [-0.15, -0.1) is 0 Å². The van der Waals surface area contributed by atoms with Crippen LogP contribution in [0.2, 0.25) is 0 Å². The molecule has 2 aliphatic rings. The highest BCUT2D eigenvalue weighted by molar-refractivity contribution is 7.88. The number of pyridine rings is 1. The summed E-state index contributed by atoms with van der Waals surface area (Å²) in [6, 6.07) is 1.93.